The largest absolute Gasteiger partial charge is 0.456 e. The molecular weight excluding hydrogens is 408 g/mol. The number of unbranched alkanes of at least 4 members (excludes halogenated alkanes) is 2. The Morgan fingerprint density at radius 1 is 1.12 bits per heavy atom. The molecule has 0 heterocycles. The van der Waals surface area contributed by atoms with E-state index in [1.807, 2.05) is 36.4 Å². The molecule has 176 valence electrons. The molecule has 0 bridgehead atoms. The fraction of sp³-hybridized carbons (Fsp3) is 0.480. The van der Waals surface area contributed by atoms with Gasteiger partial charge in [0.05, 0.1) is 19.1 Å². The van der Waals surface area contributed by atoms with Crippen molar-refractivity contribution in [2.24, 2.45) is 5.92 Å². The van der Waals surface area contributed by atoms with Crippen molar-refractivity contribution >= 4 is 17.8 Å². The monoisotopic (exact) mass is 444 g/mol. The van der Waals surface area contributed by atoms with E-state index in [-0.39, 0.29) is 43.4 Å². The molecule has 0 aliphatic carbocycles. The number of benzene rings is 1. The lowest BCUT2D eigenvalue weighted by atomic mass is 9.99. The molecule has 3 N–H and O–H groups in total. The summed E-state index contributed by atoms with van der Waals surface area (Å²) in [6, 6.07) is 8.84. The predicted molar refractivity (Wildman–Crippen MR) is 125 cm³/mol. The summed E-state index contributed by atoms with van der Waals surface area (Å²) in [5.74, 6) is -1.57. The molecule has 2 amide bonds. The van der Waals surface area contributed by atoms with Gasteiger partial charge in [-0.3, -0.25) is 14.4 Å². The Hall–Kier alpha value is -2.93. The molecule has 0 saturated heterocycles. The van der Waals surface area contributed by atoms with Crippen molar-refractivity contribution in [1.82, 2.24) is 10.6 Å². The number of aliphatic hydroxyl groups is 1. The third-order valence-corrected chi connectivity index (χ3v) is 4.88. The minimum absolute atomic E-state index is 0.0265. The van der Waals surface area contributed by atoms with Gasteiger partial charge in [-0.25, -0.2) is 0 Å². The molecule has 0 radical (unpaired) electrons. The van der Waals surface area contributed by atoms with Crippen molar-refractivity contribution in [2.45, 2.75) is 57.6 Å². The molecular formula is C25H36N2O5. The maximum Gasteiger partial charge on any atom is 0.306 e. The second kappa shape index (κ2) is 15.8. The first-order valence-electron chi connectivity index (χ1n) is 11.0. The van der Waals surface area contributed by atoms with Crippen LogP contribution in [0.2, 0.25) is 0 Å². The number of carbonyl (C=O) groups is 3. The lowest BCUT2D eigenvalue weighted by molar-refractivity contribution is -0.150. The molecule has 0 unspecified atom stereocenters. The van der Waals surface area contributed by atoms with Crippen molar-refractivity contribution in [1.29, 1.82) is 0 Å². The SMILES string of the molecule is C=CCCCCC(=O)O[C@H](CNC(=O)[C@H](CC=C)CC(=O)N[C@@H](C)CO)c1ccccc1. The summed E-state index contributed by atoms with van der Waals surface area (Å²) >= 11 is 0. The third-order valence-electron chi connectivity index (χ3n) is 4.88. The van der Waals surface area contributed by atoms with E-state index in [9.17, 15) is 14.4 Å². The Morgan fingerprint density at radius 2 is 1.84 bits per heavy atom. The first-order chi connectivity index (χ1) is 15.4. The van der Waals surface area contributed by atoms with Crippen LogP contribution in [0.1, 0.15) is 57.1 Å². The number of carbonyl (C=O) groups excluding carboxylic acids is 3. The highest BCUT2D eigenvalue weighted by Crippen LogP contribution is 2.19. The van der Waals surface area contributed by atoms with Crippen LogP contribution in [0.3, 0.4) is 0 Å². The second-order valence-corrected chi connectivity index (χ2v) is 7.75. The van der Waals surface area contributed by atoms with E-state index in [1.54, 1.807) is 13.0 Å². The van der Waals surface area contributed by atoms with Crippen LogP contribution in [0, 0.1) is 5.92 Å². The van der Waals surface area contributed by atoms with E-state index in [2.05, 4.69) is 23.8 Å². The van der Waals surface area contributed by atoms with Gasteiger partial charge in [-0.05, 0) is 38.2 Å². The number of allylic oxidation sites excluding steroid dienone is 2. The highest BCUT2D eigenvalue weighted by atomic mass is 16.5. The smallest absolute Gasteiger partial charge is 0.306 e. The minimum Gasteiger partial charge on any atom is -0.456 e. The lowest BCUT2D eigenvalue weighted by Crippen LogP contribution is -2.40. The number of amides is 2. The summed E-state index contributed by atoms with van der Waals surface area (Å²) in [4.78, 5) is 37.2. The van der Waals surface area contributed by atoms with E-state index in [0.29, 0.717) is 19.3 Å². The van der Waals surface area contributed by atoms with Gasteiger partial charge < -0.3 is 20.5 Å². The number of hydrogen-bond donors (Lipinski definition) is 3. The summed E-state index contributed by atoms with van der Waals surface area (Å²) in [6.45, 7) is 8.93. The summed E-state index contributed by atoms with van der Waals surface area (Å²) in [6.07, 6.45) is 5.80. The summed E-state index contributed by atoms with van der Waals surface area (Å²) in [5, 5.41) is 14.5. The van der Waals surface area contributed by atoms with Crippen LogP contribution in [0.15, 0.2) is 55.6 Å². The Morgan fingerprint density at radius 3 is 2.47 bits per heavy atom. The van der Waals surface area contributed by atoms with Crippen LogP contribution in [0.4, 0.5) is 0 Å². The molecule has 1 aromatic carbocycles. The van der Waals surface area contributed by atoms with Crippen LogP contribution in [-0.4, -0.2) is 42.1 Å². The van der Waals surface area contributed by atoms with Crippen LogP contribution >= 0.6 is 0 Å². The number of esters is 1. The molecule has 0 aliphatic heterocycles. The normalized spacial score (nSPS) is 13.3. The van der Waals surface area contributed by atoms with Gasteiger partial charge in [-0.2, -0.15) is 0 Å². The van der Waals surface area contributed by atoms with Gasteiger partial charge in [0.2, 0.25) is 11.8 Å². The molecule has 0 spiro atoms. The minimum atomic E-state index is -0.625. The number of nitrogens with one attached hydrogen (secondary N) is 2. The Labute approximate surface area is 190 Å². The van der Waals surface area contributed by atoms with Crippen molar-refractivity contribution in [3.63, 3.8) is 0 Å². The van der Waals surface area contributed by atoms with Crippen LogP contribution in [0.5, 0.6) is 0 Å². The molecule has 3 atom stereocenters. The van der Waals surface area contributed by atoms with Gasteiger partial charge in [-0.15, -0.1) is 13.2 Å². The molecule has 0 fully saturated rings. The third kappa shape index (κ3) is 10.9. The Balaban J connectivity index is 2.73. The van der Waals surface area contributed by atoms with Gasteiger partial charge in [0.15, 0.2) is 0 Å². The average Bonchev–Trinajstić information content (AvgIpc) is 2.79. The van der Waals surface area contributed by atoms with E-state index < -0.39 is 12.0 Å². The van der Waals surface area contributed by atoms with E-state index in [4.69, 9.17) is 9.84 Å². The van der Waals surface area contributed by atoms with Crippen LogP contribution in [-0.2, 0) is 19.1 Å². The highest BCUT2D eigenvalue weighted by molar-refractivity contribution is 5.86. The second-order valence-electron chi connectivity index (χ2n) is 7.75. The predicted octanol–water partition coefficient (Wildman–Crippen LogP) is 3.21. The number of aliphatic hydroxyl groups excluding tert-OH is 1. The van der Waals surface area contributed by atoms with E-state index >= 15 is 0 Å². The number of ether oxygens (including phenoxy) is 1. The van der Waals surface area contributed by atoms with Crippen molar-refractivity contribution in [3.8, 4) is 0 Å². The maximum atomic E-state index is 12.8. The molecule has 0 saturated carbocycles. The zero-order chi connectivity index (χ0) is 23.8. The first kappa shape index (κ1) is 27.1. The molecule has 0 aliphatic rings. The van der Waals surface area contributed by atoms with Gasteiger partial charge in [0, 0.05) is 18.9 Å². The van der Waals surface area contributed by atoms with Crippen molar-refractivity contribution in [3.05, 3.63) is 61.2 Å². The fourth-order valence-corrected chi connectivity index (χ4v) is 3.10. The van der Waals surface area contributed by atoms with Gasteiger partial charge in [0.25, 0.3) is 0 Å². The van der Waals surface area contributed by atoms with Crippen molar-refractivity contribution < 1.29 is 24.2 Å². The van der Waals surface area contributed by atoms with Gasteiger partial charge >= 0.3 is 5.97 Å². The van der Waals surface area contributed by atoms with Gasteiger partial charge in [0.1, 0.15) is 6.10 Å². The zero-order valence-corrected chi connectivity index (χ0v) is 18.9. The summed E-state index contributed by atoms with van der Waals surface area (Å²) in [7, 11) is 0. The molecule has 0 aromatic heterocycles. The van der Waals surface area contributed by atoms with Crippen LogP contribution in [0.25, 0.3) is 0 Å². The Kier molecular flexibility index (Phi) is 13.4. The average molecular weight is 445 g/mol. The summed E-state index contributed by atoms with van der Waals surface area (Å²) in [5.41, 5.74) is 0.780. The lowest BCUT2D eigenvalue weighted by Gasteiger charge is -2.21. The van der Waals surface area contributed by atoms with E-state index in [0.717, 1.165) is 18.4 Å². The number of rotatable bonds is 16. The maximum absolute atomic E-state index is 12.8. The van der Waals surface area contributed by atoms with Crippen LogP contribution < -0.4 is 10.6 Å². The summed E-state index contributed by atoms with van der Waals surface area (Å²) < 4.78 is 5.65. The molecule has 7 heteroatoms. The van der Waals surface area contributed by atoms with E-state index in [1.165, 1.54) is 0 Å². The zero-order valence-electron chi connectivity index (χ0n) is 18.9. The molecule has 7 nitrogen and oxygen atoms in total. The number of hydrogen-bond acceptors (Lipinski definition) is 5. The fourth-order valence-electron chi connectivity index (χ4n) is 3.10. The quantitative estimate of drug-likeness (QED) is 0.206. The Bertz CT molecular complexity index is 735. The highest BCUT2D eigenvalue weighted by Gasteiger charge is 2.24. The molecule has 32 heavy (non-hydrogen) atoms. The molecule has 1 aromatic rings. The van der Waals surface area contributed by atoms with Crippen molar-refractivity contribution in [2.75, 3.05) is 13.2 Å². The topological polar surface area (TPSA) is 105 Å². The van der Waals surface area contributed by atoms with Gasteiger partial charge in [-0.1, -0.05) is 42.5 Å². The molecule has 1 rings (SSSR count). The first-order valence-corrected chi connectivity index (χ1v) is 11.0. The standard InChI is InChI=1S/C25H36N2O5/c1-4-6-7-11-15-24(30)32-22(20-13-9-8-10-14-20)17-26-25(31)21(12-5-2)16-23(29)27-19(3)18-28/h4-5,8-10,13-14,19,21-22,28H,1-2,6-7,11-12,15-18H2,3H3,(H,26,31)(H,27,29)/t19-,21+,22+/m0/s1.